The fourth-order valence-corrected chi connectivity index (χ4v) is 3.11. The number of aromatic nitrogens is 2. The monoisotopic (exact) mass is 273 g/mol. The molecule has 1 aliphatic rings. The molecule has 20 heavy (non-hydrogen) atoms. The molecule has 4 heteroatoms. The number of rotatable bonds is 3. The van der Waals surface area contributed by atoms with Crippen LogP contribution in [0.4, 0.5) is 4.39 Å². The third-order valence-electron chi connectivity index (χ3n) is 4.07. The van der Waals surface area contributed by atoms with E-state index in [4.69, 9.17) is 5.73 Å². The summed E-state index contributed by atoms with van der Waals surface area (Å²) in [6, 6.07) is 6.59. The van der Waals surface area contributed by atoms with E-state index in [9.17, 15) is 4.39 Å². The van der Waals surface area contributed by atoms with Gasteiger partial charge in [-0.25, -0.2) is 9.37 Å². The number of fused-ring (bicyclic) bond motifs is 1. The molecule has 2 aromatic rings. The molecule has 1 aromatic carbocycles. The molecule has 0 bridgehead atoms. The van der Waals surface area contributed by atoms with Crippen molar-refractivity contribution in [2.45, 2.75) is 44.7 Å². The van der Waals surface area contributed by atoms with Gasteiger partial charge >= 0.3 is 0 Å². The van der Waals surface area contributed by atoms with Crippen LogP contribution in [0.2, 0.25) is 0 Å². The maximum atomic E-state index is 13.1. The molecule has 3 nitrogen and oxygen atoms in total. The Morgan fingerprint density at radius 2 is 1.90 bits per heavy atom. The van der Waals surface area contributed by atoms with Crippen molar-refractivity contribution in [2.24, 2.45) is 5.73 Å². The van der Waals surface area contributed by atoms with Gasteiger partial charge in [0.05, 0.1) is 18.1 Å². The van der Waals surface area contributed by atoms with Crippen LogP contribution in [0, 0.1) is 5.82 Å². The lowest BCUT2D eigenvalue weighted by atomic mass is 9.97. The van der Waals surface area contributed by atoms with Crippen molar-refractivity contribution >= 4 is 0 Å². The van der Waals surface area contributed by atoms with E-state index >= 15 is 0 Å². The lowest BCUT2D eigenvalue weighted by Crippen LogP contribution is -2.31. The Hall–Kier alpha value is -1.68. The van der Waals surface area contributed by atoms with Crippen molar-refractivity contribution in [1.29, 1.82) is 0 Å². The Labute approximate surface area is 118 Å². The molecule has 0 radical (unpaired) electrons. The fraction of sp³-hybridized carbons (Fsp3) is 0.438. The molecule has 0 aliphatic heterocycles. The molecule has 0 amide bonds. The van der Waals surface area contributed by atoms with Gasteiger partial charge in [0.1, 0.15) is 5.82 Å². The standard InChI is InChI=1S/C16H20FN3/c1-11(18)16(12-6-8-13(17)9-7-12)20-10-19-14-4-2-3-5-15(14)20/h6-11,16H,2-5,18H2,1H3. The number of benzene rings is 1. The molecular formula is C16H20FN3. The molecule has 0 saturated carbocycles. The van der Waals surface area contributed by atoms with Gasteiger partial charge in [0.2, 0.25) is 0 Å². The first-order chi connectivity index (χ1) is 9.66. The second-order valence-corrected chi connectivity index (χ2v) is 5.61. The topological polar surface area (TPSA) is 43.8 Å². The highest BCUT2D eigenvalue weighted by Crippen LogP contribution is 2.28. The van der Waals surface area contributed by atoms with Gasteiger partial charge in [-0.05, 0) is 50.3 Å². The van der Waals surface area contributed by atoms with E-state index in [1.54, 1.807) is 0 Å². The summed E-state index contributed by atoms with van der Waals surface area (Å²) in [6.07, 6.45) is 6.42. The Morgan fingerprint density at radius 3 is 2.60 bits per heavy atom. The summed E-state index contributed by atoms with van der Waals surface area (Å²) in [5.41, 5.74) is 9.72. The largest absolute Gasteiger partial charge is 0.326 e. The number of aryl methyl sites for hydroxylation is 1. The quantitative estimate of drug-likeness (QED) is 0.934. The van der Waals surface area contributed by atoms with Gasteiger partial charge in [-0.1, -0.05) is 12.1 Å². The van der Waals surface area contributed by atoms with Gasteiger partial charge in [-0.15, -0.1) is 0 Å². The molecule has 2 unspecified atom stereocenters. The van der Waals surface area contributed by atoms with Crippen LogP contribution in [-0.2, 0) is 12.8 Å². The summed E-state index contributed by atoms with van der Waals surface area (Å²) in [4.78, 5) is 4.54. The zero-order valence-corrected chi connectivity index (χ0v) is 11.7. The predicted molar refractivity (Wildman–Crippen MR) is 77.1 cm³/mol. The van der Waals surface area contributed by atoms with E-state index in [2.05, 4.69) is 9.55 Å². The summed E-state index contributed by atoms with van der Waals surface area (Å²) in [6.45, 7) is 1.99. The highest BCUT2D eigenvalue weighted by molar-refractivity contribution is 5.26. The predicted octanol–water partition coefficient (Wildman–Crippen LogP) is 2.84. The van der Waals surface area contributed by atoms with Gasteiger partial charge in [-0.3, -0.25) is 0 Å². The molecule has 3 rings (SSSR count). The van der Waals surface area contributed by atoms with Crippen molar-refractivity contribution in [3.63, 3.8) is 0 Å². The van der Waals surface area contributed by atoms with E-state index in [1.165, 1.54) is 36.4 Å². The summed E-state index contributed by atoms with van der Waals surface area (Å²) < 4.78 is 15.3. The second kappa shape index (κ2) is 5.37. The van der Waals surface area contributed by atoms with E-state index in [0.717, 1.165) is 18.4 Å². The van der Waals surface area contributed by atoms with Crippen molar-refractivity contribution in [3.8, 4) is 0 Å². The maximum Gasteiger partial charge on any atom is 0.123 e. The third kappa shape index (κ3) is 2.36. The molecular weight excluding hydrogens is 253 g/mol. The maximum absolute atomic E-state index is 13.1. The highest BCUT2D eigenvalue weighted by atomic mass is 19.1. The van der Waals surface area contributed by atoms with Crippen LogP contribution < -0.4 is 5.73 Å². The lowest BCUT2D eigenvalue weighted by molar-refractivity contribution is 0.472. The normalized spacial score (nSPS) is 17.6. The molecule has 1 heterocycles. The number of halogens is 1. The Bertz CT molecular complexity index is 586. The first-order valence-electron chi connectivity index (χ1n) is 7.22. The molecule has 0 saturated heterocycles. The van der Waals surface area contributed by atoms with Crippen LogP contribution in [0.5, 0.6) is 0 Å². The zero-order chi connectivity index (χ0) is 14.1. The summed E-state index contributed by atoms with van der Waals surface area (Å²) in [5, 5.41) is 0. The SMILES string of the molecule is CC(N)C(c1ccc(F)cc1)n1cnc2c1CCCC2. The smallest absolute Gasteiger partial charge is 0.123 e. The Kier molecular flexibility index (Phi) is 3.57. The summed E-state index contributed by atoms with van der Waals surface area (Å²) in [7, 11) is 0. The van der Waals surface area contributed by atoms with E-state index < -0.39 is 0 Å². The van der Waals surface area contributed by atoms with E-state index in [0.29, 0.717) is 0 Å². The number of hydrogen-bond donors (Lipinski definition) is 1. The molecule has 2 N–H and O–H groups in total. The number of nitrogens with two attached hydrogens (primary N) is 1. The van der Waals surface area contributed by atoms with Gasteiger partial charge in [0.15, 0.2) is 0 Å². The highest BCUT2D eigenvalue weighted by Gasteiger charge is 2.24. The van der Waals surface area contributed by atoms with Crippen LogP contribution in [0.3, 0.4) is 0 Å². The first-order valence-corrected chi connectivity index (χ1v) is 7.22. The summed E-state index contributed by atoms with van der Waals surface area (Å²) in [5.74, 6) is -0.218. The first kappa shape index (κ1) is 13.3. The minimum atomic E-state index is -0.218. The van der Waals surface area contributed by atoms with Gasteiger partial charge in [-0.2, -0.15) is 0 Å². The zero-order valence-electron chi connectivity index (χ0n) is 11.7. The van der Waals surface area contributed by atoms with Crippen LogP contribution in [0.15, 0.2) is 30.6 Å². The minimum absolute atomic E-state index is 0.0185. The van der Waals surface area contributed by atoms with Crippen molar-refractivity contribution in [1.82, 2.24) is 9.55 Å². The molecule has 106 valence electrons. The lowest BCUT2D eigenvalue weighted by Gasteiger charge is -2.26. The molecule has 0 spiro atoms. The average Bonchev–Trinajstić information content (AvgIpc) is 2.85. The minimum Gasteiger partial charge on any atom is -0.326 e. The van der Waals surface area contributed by atoms with Crippen LogP contribution >= 0.6 is 0 Å². The van der Waals surface area contributed by atoms with E-state index in [-0.39, 0.29) is 17.9 Å². The van der Waals surface area contributed by atoms with Crippen LogP contribution in [0.25, 0.3) is 0 Å². The van der Waals surface area contributed by atoms with Crippen LogP contribution in [0.1, 0.15) is 42.8 Å². The number of imidazole rings is 1. The molecule has 2 atom stereocenters. The van der Waals surface area contributed by atoms with Gasteiger partial charge < -0.3 is 10.3 Å². The van der Waals surface area contributed by atoms with E-state index in [1.807, 2.05) is 25.4 Å². The molecule has 0 fully saturated rings. The average molecular weight is 273 g/mol. The Balaban J connectivity index is 2.03. The number of hydrogen-bond acceptors (Lipinski definition) is 2. The fourth-order valence-electron chi connectivity index (χ4n) is 3.11. The molecule has 1 aliphatic carbocycles. The second-order valence-electron chi connectivity index (χ2n) is 5.61. The summed E-state index contributed by atoms with van der Waals surface area (Å²) >= 11 is 0. The molecule has 1 aromatic heterocycles. The van der Waals surface area contributed by atoms with Crippen molar-refractivity contribution in [3.05, 3.63) is 53.4 Å². The Morgan fingerprint density at radius 1 is 1.20 bits per heavy atom. The van der Waals surface area contributed by atoms with Gasteiger partial charge in [0.25, 0.3) is 0 Å². The van der Waals surface area contributed by atoms with Crippen molar-refractivity contribution < 1.29 is 4.39 Å². The van der Waals surface area contributed by atoms with Gasteiger partial charge in [0, 0.05) is 11.7 Å². The van der Waals surface area contributed by atoms with Crippen LogP contribution in [-0.4, -0.2) is 15.6 Å². The van der Waals surface area contributed by atoms with Crippen molar-refractivity contribution in [2.75, 3.05) is 0 Å². The number of nitrogens with zero attached hydrogens (tertiary/aromatic N) is 2. The third-order valence-corrected chi connectivity index (χ3v) is 4.07.